The molecular formula is C14H17ClN2OS. The van der Waals surface area contributed by atoms with Gasteiger partial charge in [0.15, 0.2) is 5.13 Å². The van der Waals surface area contributed by atoms with Gasteiger partial charge in [0, 0.05) is 12.7 Å². The molecule has 5 heteroatoms. The number of nitrogens with one attached hydrogen (secondary N) is 1. The largest absolute Gasteiger partial charge is 0.486 e. The normalized spacial score (nSPS) is 10.5. The highest BCUT2D eigenvalue weighted by Gasteiger charge is 2.05. The Morgan fingerprint density at radius 2 is 2.26 bits per heavy atom. The lowest BCUT2D eigenvalue weighted by atomic mass is 10.2. The van der Waals surface area contributed by atoms with E-state index in [4.69, 9.17) is 16.3 Å². The van der Waals surface area contributed by atoms with Gasteiger partial charge in [-0.05, 0) is 31.0 Å². The molecule has 1 aromatic carbocycles. The highest BCUT2D eigenvalue weighted by molar-refractivity contribution is 7.15. The van der Waals surface area contributed by atoms with E-state index in [0.29, 0.717) is 11.6 Å². The highest BCUT2D eigenvalue weighted by Crippen LogP contribution is 2.27. The van der Waals surface area contributed by atoms with Crippen LogP contribution in [0.4, 0.5) is 5.13 Å². The van der Waals surface area contributed by atoms with Gasteiger partial charge in [-0.25, -0.2) is 4.98 Å². The first kappa shape index (κ1) is 14.2. The first-order valence-corrected chi connectivity index (χ1v) is 7.46. The number of nitrogens with zero attached hydrogens (tertiary/aromatic N) is 1. The van der Waals surface area contributed by atoms with Crippen molar-refractivity contribution in [2.75, 3.05) is 11.9 Å². The van der Waals surface area contributed by atoms with Gasteiger partial charge in [-0.15, -0.1) is 0 Å². The average molecular weight is 297 g/mol. The fourth-order valence-electron chi connectivity index (χ4n) is 1.56. The second kappa shape index (κ2) is 6.78. The fraction of sp³-hybridized carbons (Fsp3) is 0.357. The Labute approximate surface area is 122 Å². The van der Waals surface area contributed by atoms with Crippen LogP contribution in [0.25, 0.3) is 0 Å². The van der Waals surface area contributed by atoms with Crippen molar-refractivity contribution in [1.29, 1.82) is 0 Å². The van der Waals surface area contributed by atoms with Crippen LogP contribution in [-0.2, 0) is 6.61 Å². The third-order valence-corrected chi connectivity index (χ3v) is 3.78. The predicted octanol–water partition coefficient (Wildman–Crippen LogP) is 4.51. The van der Waals surface area contributed by atoms with Crippen LogP contribution in [0.3, 0.4) is 0 Å². The van der Waals surface area contributed by atoms with Crippen molar-refractivity contribution < 1.29 is 4.74 Å². The van der Waals surface area contributed by atoms with E-state index < -0.39 is 0 Å². The molecule has 0 saturated heterocycles. The number of aromatic nitrogens is 1. The summed E-state index contributed by atoms with van der Waals surface area (Å²) in [5.41, 5.74) is 1.13. The van der Waals surface area contributed by atoms with Gasteiger partial charge in [-0.3, -0.25) is 0 Å². The monoisotopic (exact) mass is 296 g/mol. The first-order valence-electron chi connectivity index (χ1n) is 6.26. The van der Waals surface area contributed by atoms with Gasteiger partial charge in [0.25, 0.3) is 0 Å². The van der Waals surface area contributed by atoms with Gasteiger partial charge < -0.3 is 10.1 Å². The van der Waals surface area contributed by atoms with Crippen LogP contribution in [0.2, 0.25) is 5.02 Å². The molecule has 19 heavy (non-hydrogen) atoms. The molecule has 3 nitrogen and oxygen atoms in total. The van der Waals surface area contributed by atoms with Gasteiger partial charge in [0.2, 0.25) is 0 Å². The molecule has 0 radical (unpaired) electrons. The second-order valence-corrected chi connectivity index (χ2v) is 5.80. The van der Waals surface area contributed by atoms with Crippen molar-refractivity contribution in [3.05, 3.63) is 39.9 Å². The summed E-state index contributed by atoms with van der Waals surface area (Å²) >= 11 is 7.70. The lowest BCUT2D eigenvalue weighted by Gasteiger charge is -2.07. The van der Waals surface area contributed by atoms with Crippen LogP contribution in [0, 0.1) is 6.92 Å². The molecule has 0 amide bonds. The Morgan fingerprint density at radius 1 is 1.42 bits per heavy atom. The minimum atomic E-state index is 0.495. The molecule has 0 fully saturated rings. The van der Waals surface area contributed by atoms with Crippen molar-refractivity contribution in [2.24, 2.45) is 0 Å². The number of hydrogen-bond acceptors (Lipinski definition) is 4. The number of benzene rings is 1. The summed E-state index contributed by atoms with van der Waals surface area (Å²) in [7, 11) is 0. The molecule has 0 unspecified atom stereocenters. The number of ether oxygens (including phenoxy) is 1. The molecule has 0 saturated carbocycles. The number of hydrogen-bond donors (Lipinski definition) is 1. The quantitative estimate of drug-likeness (QED) is 0.852. The number of rotatable bonds is 6. The second-order valence-electron chi connectivity index (χ2n) is 4.28. The topological polar surface area (TPSA) is 34.2 Å². The Morgan fingerprint density at radius 3 is 3.05 bits per heavy atom. The highest BCUT2D eigenvalue weighted by atomic mass is 35.5. The summed E-state index contributed by atoms with van der Waals surface area (Å²) in [6.45, 7) is 5.58. The number of anilines is 1. The molecule has 1 N–H and O–H groups in total. The Balaban J connectivity index is 1.94. The predicted molar refractivity (Wildman–Crippen MR) is 81.4 cm³/mol. The zero-order valence-electron chi connectivity index (χ0n) is 11.1. The lowest BCUT2D eigenvalue weighted by molar-refractivity contribution is 0.309. The van der Waals surface area contributed by atoms with Crippen LogP contribution in [0.5, 0.6) is 5.75 Å². The number of thiazole rings is 1. The summed E-state index contributed by atoms with van der Waals surface area (Å²) in [6.07, 6.45) is 2.93. The van der Waals surface area contributed by atoms with E-state index in [1.165, 1.54) is 0 Å². The molecule has 0 aliphatic rings. The third kappa shape index (κ3) is 4.11. The summed E-state index contributed by atoms with van der Waals surface area (Å²) in [6, 6.07) is 5.77. The van der Waals surface area contributed by atoms with E-state index >= 15 is 0 Å². The maximum atomic E-state index is 6.09. The summed E-state index contributed by atoms with van der Waals surface area (Å²) in [5, 5.41) is 4.84. The molecule has 2 aromatic rings. The van der Waals surface area contributed by atoms with Gasteiger partial charge in [0.1, 0.15) is 12.4 Å². The van der Waals surface area contributed by atoms with E-state index in [0.717, 1.165) is 34.3 Å². The maximum absolute atomic E-state index is 6.09. The molecule has 2 rings (SSSR count). The van der Waals surface area contributed by atoms with Crippen LogP contribution in [0.1, 0.15) is 23.8 Å². The zero-order chi connectivity index (χ0) is 13.7. The van der Waals surface area contributed by atoms with Gasteiger partial charge in [-0.1, -0.05) is 35.9 Å². The standard InChI is InChI=1S/C14H17ClN2OS/c1-3-6-16-14-17-8-11(19-14)9-18-13-7-10(2)4-5-12(13)15/h4-5,7-8H,3,6,9H2,1-2H3,(H,16,17). The summed E-state index contributed by atoms with van der Waals surface area (Å²) in [5.74, 6) is 0.720. The minimum absolute atomic E-state index is 0.495. The van der Waals surface area contributed by atoms with Crippen molar-refractivity contribution in [2.45, 2.75) is 26.9 Å². The Hall–Kier alpha value is -1.26. The van der Waals surface area contributed by atoms with Crippen molar-refractivity contribution in [3.63, 3.8) is 0 Å². The first-order chi connectivity index (χ1) is 9.19. The van der Waals surface area contributed by atoms with E-state index in [1.807, 2.05) is 31.3 Å². The number of aryl methyl sites for hydroxylation is 1. The molecule has 102 valence electrons. The van der Waals surface area contributed by atoms with Gasteiger partial charge in [-0.2, -0.15) is 0 Å². The van der Waals surface area contributed by atoms with E-state index in [2.05, 4.69) is 17.2 Å². The molecule has 0 aliphatic carbocycles. The smallest absolute Gasteiger partial charge is 0.182 e. The zero-order valence-corrected chi connectivity index (χ0v) is 12.6. The Kier molecular flexibility index (Phi) is 5.05. The van der Waals surface area contributed by atoms with Crippen LogP contribution in [0.15, 0.2) is 24.4 Å². The van der Waals surface area contributed by atoms with Crippen LogP contribution >= 0.6 is 22.9 Å². The molecule has 1 heterocycles. The van der Waals surface area contributed by atoms with E-state index in [9.17, 15) is 0 Å². The van der Waals surface area contributed by atoms with Crippen LogP contribution < -0.4 is 10.1 Å². The average Bonchev–Trinajstić information content (AvgIpc) is 2.85. The summed E-state index contributed by atoms with van der Waals surface area (Å²) in [4.78, 5) is 5.38. The maximum Gasteiger partial charge on any atom is 0.182 e. The van der Waals surface area contributed by atoms with E-state index in [1.54, 1.807) is 11.3 Å². The van der Waals surface area contributed by atoms with Crippen molar-refractivity contribution >= 4 is 28.1 Å². The van der Waals surface area contributed by atoms with Gasteiger partial charge >= 0.3 is 0 Å². The van der Waals surface area contributed by atoms with Crippen LogP contribution in [-0.4, -0.2) is 11.5 Å². The molecule has 0 aliphatic heterocycles. The fourth-order valence-corrected chi connectivity index (χ4v) is 2.48. The third-order valence-electron chi connectivity index (χ3n) is 2.54. The summed E-state index contributed by atoms with van der Waals surface area (Å²) < 4.78 is 5.73. The van der Waals surface area contributed by atoms with Gasteiger partial charge in [0.05, 0.1) is 9.90 Å². The number of halogens is 1. The van der Waals surface area contributed by atoms with Crippen molar-refractivity contribution in [1.82, 2.24) is 4.98 Å². The van der Waals surface area contributed by atoms with E-state index in [-0.39, 0.29) is 0 Å². The van der Waals surface area contributed by atoms with Crippen molar-refractivity contribution in [3.8, 4) is 5.75 Å². The minimum Gasteiger partial charge on any atom is -0.486 e. The molecule has 0 bridgehead atoms. The SMILES string of the molecule is CCCNc1ncc(COc2cc(C)ccc2Cl)s1. The molecule has 1 aromatic heterocycles. The lowest BCUT2D eigenvalue weighted by Crippen LogP contribution is -1.98. The molecule has 0 atom stereocenters. The molecule has 0 spiro atoms. The Bertz CT molecular complexity index is 542. The molecular weight excluding hydrogens is 280 g/mol.